The summed E-state index contributed by atoms with van der Waals surface area (Å²) in [6, 6.07) is 0. The first kappa shape index (κ1) is 19.8. The first-order valence-corrected chi connectivity index (χ1v) is 4.27. The van der Waals surface area contributed by atoms with Crippen molar-refractivity contribution in [3.05, 3.63) is 0 Å². The van der Waals surface area contributed by atoms with Gasteiger partial charge in [0, 0.05) is 0 Å². The third-order valence-electron chi connectivity index (χ3n) is 1.97. The maximum atomic E-state index is 12.6. The van der Waals surface area contributed by atoms with Crippen molar-refractivity contribution in [2.75, 3.05) is 0 Å². The summed E-state index contributed by atoms with van der Waals surface area (Å²) in [7, 11) is 0. The average molecular weight is 348 g/mol. The lowest BCUT2D eigenvalue weighted by Crippen LogP contribution is -2.65. The third-order valence-corrected chi connectivity index (χ3v) is 1.97. The molecule has 0 amide bonds. The number of rotatable bonds is 4. The Labute approximate surface area is 105 Å². The van der Waals surface area contributed by atoms with Crippen molar-refractivity contribution in [3.63, 3.8) is 0 Å². The molecule has 0 aromatic heterocycles. The van der Waals surface area contributed by atoms with E-state index < -0.39 is 42.1 Å². The standard InChI is InChI=1S/C7HF13O/c8-1(4(11,12)13)2(21)3(9,10)5(14,15)6(16,17)7(18,19)20/h1H. The maximum Gasteiger partial charge on any atom is 0.460 e. The van der Waals surface area contributed by atoms with Crippen LogP contribution in [0.3, 0.4) is 0 Å². The second-order valence-electron chi connectivity index (χ2n) is 3.49. The van der Waals surface area contributed by atoms with Crippen molar-refractivity contribution in [2.24, 2.45) is 0 Å². The summed E-state index contributed by atoms with van der Waals surface area (Å²) in [5.41, 5.74) is 0. The van der Waals surface area contributed by atoms with E-state index in [0.29, 0.717) is 0 Å². The Hall–Kier alpha value is -1.24. The Bertz CT molecular complexity index is 402. The molecule has 1 atom stereocenters. The van der Waals surface area contributed by atoms with Crippen LogP contribution in [0.25, 0.3) is 0 Å². The summed E-state index contributed by atoms with van der Waals surface area (Å²) in [5.74, 6) is -26.9. The predicted molar refractivity (Wildman–Crippen MR) is 36.9 cm³/mol. The molecule has 14 heteroatoms. The van der Waals surface area contributed by atoms with Crippen LogP contribution in [0.15, 0.2) is 0 Å². The van der Waals surface area contributed by atoms with Gasteiger partial charge in [-0.1, -0.05) is 0 Å². The lowest BCUT2D eigenvalue weighted by molar-refractivity contribution is -0.389. The molecule has 0 aliphatic carbocycles. The van der Waals surface area contributed by atoms with Crippen LogP contribution in [-0.4, -0.2) is 42.1 Å². The monoisotopic (exact) mass is 348 g/mol. The molecule has 126 valence electrons. The van der Waals surface area contributed by atoms with Gasteiger partial charge in [-0.2, -0.15) is 52.7 Å². The number of hydrogen-bond donors (Lipinski definition) is 0. The highest BCUT2D eigenvalue weighted by Gasteiger charge is 2.84. The lowest BCUT2D eigenvalue weighted by atomic mass is 9.97. The summed E-state index contributed by atoms with van der Waals surface area (Å²) in [6.45, 7) is 0. The van der Waals surface area contributed by atoms with Crippen LogP contribution in [0.1, 0.15) is 0 Å². The minimum absolute atomic E-state index is 4.47. The second kappa shape index (κ2) is 4.90. The van der Waals surface area contributed by atoms with Gasteiger partial charge in [0.1, 0.15) is 0 Å². The molecule has 0 heterocycles. The molecule has 0 aromatic rings. The molecule has 0 N–H and O–H groups in total. The van der Waals surface area contributed by atoms with Crippen molar-refractivity contribution in [1.29, 1.82) is 0 Å². The van der Waals surface area contributed by atoms with Gasteiger partial charge < -0.3 is 0 Å². The minimum Gasteiger partial charge on any atom is -0.289 e. The highest BCUT2D eigenvalue weighted by atomic mass is 19.4. The first-order valence-electron chi connectivity index (χ1n) is 4.27. The minimum atomic E-state index is -7.63. The molecular weight excluding hydrogens is 347 g/mol. The van der Waals surface area contributed by atoms with Crippen molar-refractivity contribution in [2.45, 2.75) is 36.3 Å². The van der Waals surface area contributed by atoms with Gasteiger partial charge in [0.15, 0.2) is 0 Å². The van der Waals surface area contributed by atoms with Crippen LogP contribution < -0.4 is 0 Å². The summed E-state index contributed by atoms with van der Waals surface area (Å²) >= 11 is 0. The van der Waals surface area contributed by atoms with Crippen LogP contribution in [0.5, 0.6) is 0 Å². The summed E-state index contributed by atoms with van der Waals surface area (Å²) in [6.07, 6.45) is -19.2. The maximum absolute atomic E-state index is 12.6. The van der Waals surface area contributed by atoms with Gasteiger partial charge in [0.2, 0.25) is 0 Å². The molecule has 0 spiro atoms. The van der Waals surface area contributed by atoms with E-state index in [1.165, 1.54) is 0 Å². The van der Waals surface area contributed by atoms with E-state index in [2.05, 4.69) is 0 Å². The molecule has 0 radical (unpaired) electrons. The van der Waals surface area contributed by atoms with Crippen LogP contribution in [0.2, 0.25) is 0 Å². The molecule has 0 saturated carbocycles. The van der Waals surface area contributed by atoms with Crippen LogP contribution in [0, 0.1) is 0 Å². The van der Waals surface area contributed by atoms with Gasteiger partial charge in [-0.15, -0.1) is 0 Å². The first-order chi connectivity index (χ1) is 8.82. The zero-order valence-electron chi connectivity index (χ0n) is 8.90. The van der Waals surface area contributed by atoms with E-state index in [1.807, 2.05) is 0 Å². The van der Waals surface area contributed by atoms with Gasteiger partial charge in [-0.25, -0.2) is 4.39 Å². The Morgan fingerprint density at radius 1 is 0.667 bits per heavy atom. The van der Waals surface area contributed by atoms with Gasteiger partial charge >= 0.3 is 30.1 Å². The molecule has 0 aliphatic heterocycles. The predicted octanol–water partition coefficient (Wildman–Crippen LogP) is 3.92. The average Bonchev–Trinajstić information content (AvgIpc) is 2.23. The Kier molecular flexibility index (Phi) is 4.61. The smallest absolute Gasteiger partial charge is 0.289 e. The van der Waals surface area contributed by atoms with Crippen molar-refractivity contribution in [1.82, 2.24) is 0 Å². The summed E-state index contributed by atoms with van der Waals surface area (Å²) in [5, 5.41) is 0. The zero-order chi connectivity index (χ0) is 17.7. The molecule has 0 saturated heterocycles. The molecular formula is C7HF13O. The largest absolute Gasteiger partial charge is 0.460 e. The van der Waals surface area contributed by atoms with E-state index in [0.717, 1.165) is 0 Å². The molecule has 1 nitrogen and oxygen atoms in total. The van der Waals surface area contributed by atoms with Gasteiger partial charge in [0.05, 0.1) is 0 Å². The van der Waals surface area contributed by atoms with E-state index in [9.17, 15) is 61.9 Å². The second-order valence-corrected chi connectivity index (χ2v) is 3.49. The SMILES string of the molecule is O=C(C(F)C(F)(F)F)C(F)(F)C(F)(F)C(F)(F)C(F)(F)F. The van der Waals surface area contributed by atoms with Gasteiger partial charge in [0.25, 0.3) is 12.0 Å². The number of hydrogen-bond acceptors (Lipinski definition) is 1. The zero-order valence-corrected chi connectivity index (χ0v) is 8.90. The number of ketones is 1. The molecule has 0 bridgehead atoms. The number of carbonyl (C=O) groups is 1. The van der Waals surface area contributed by atoms with Crippen molar-refractivity contribution >= 4 is 5.78 Å². The quantitative estimate of drug-likeness (QED) is 0.704. The number of carbonyl (C=O) groups excluding carboxylic acids is 1. The molecule has 0 aliphatic rings. The third kappa shape index (κ3) is 3.02. The molecule has 0 fully saturated rings. The molecule has 1 unspecified atom stereocenters. The fraction of sp³-hybridized carbons (Fsp3) is 0.857. The van der Waals surface area contributed by atoms with E-state index in [4.69, 9.17) is 0 Å². The van der Waals surface area contributed by atoms with E-state index in [-0.39, 0.29) is 0 Å². The Balaban J connectivity index is 5.86. The van der Waals surface area contributed by atoms with Crippen molar-refractivity contribution in [3.8, 4) is 0 Å². The topological polar surface area (TPSA) is 17.1 Å². The summed E-state index contributed by atoms with van der Waals surface area (Å²) < 4.78 is 156. The molecule has 0 rings (SSSR count). The van der Waals surface area contributed by atoms with Crippen LogP contribution in [-0.2, 0) is 4.79 Å². The Morgan fingerprint density at radius 3 is 1.24 bits per heavy atom. The summed E-state index contributed by atoms with van der Waals surface area (Å²) in [4.78, 5) is 10.2. The van der Waals surface area contributed by atoms with E-state index >= 15 is 0 Å². The Morgan fingerprint density at radius 2 is 1.00 bits per heavy atom. The number of alkyl halides is 13. The van der Waals surface area contributed by atoms with Gasteiger partial charge in [-0.05, 0) is 0 Å². The van der Waals surface area contributed by atoms with Crippen molar-refractivity contribution < 1.29 is 61.9 Å². The van der Waals surface area contributed by atoms with Crippen LogP contribution >= 0.6 is 0 Å². The number of halogens is 13. The fourth-order valence-electron chi connectivity index (χ4n) is 0.838. The normalized spacial score (nSPS) is 16.8. The lowest BCUT2D eigenvalue weighted by Gasteiger charge is -2.33. The highest BCUT2D eigenvalue weighted by molar-refractivity contribution is 5.91. The highest BCUT2D eigenvalue weighted by Crippen LogP contribution is 2.54. The molecule has 21 heavy (non-hydrogen) atoms. The van der Waals surface area contributed by atoms with E-state index in [1.54, 1.807) is 0 Å². The molecule has 0 aromatic carbocycles. The van der Waals surface area contributed by atoms with Gasteiger partial charge in [-0.3, -0.25) is 4.79 Å². The van der Waals surface area contributed by atoms with Crippen LogP contribution in [0.4, 0.5) is 57.1 Å². The fourth-order valence-corrected chi connectivity index (χ4v) is 0.838. The number of Topliss-reactive ketones (excluding diaryl/α,β-unsaturated/α-hetero) is 1.